The third-order valence-electron chi connectivity index (χ3n) is 11.8. The molecule has 3 N–H and O–H groups in total. The van der Waals surface area contributed by atoms with Crippen molar-refractivity contribution in [2.24, 2.45) is 17.3 Å². The highest BCUT2D eigenvalue weighted by atomic mass is 19.4. The minimum atomic E-state index is -5.93. The number of anilines is 2. The summed E-state index contributed by atoms with van der Waals surface area (Å²) in [6.45, 7) is 1.38. The average molecular weight is 705 g/mol. The summed E-state index contributed by atoms with van der Waals surface area (Å²) in [6, 6.07) is 21.9. The minimum absolute atomic E-state index is 0.00511. The van der Waals surface area contributed by atoms with Crippen LogP contribution in [0.2, 0.25) is 0 Å². The number of alkyl halides is 5. The lowest BCUT2D eigenvalue weighted by Gasteiger charge is -2.56. The van der Waals surface area contributed by atoms with Crippen molar-refractivity contribution < 1.29 is 41.4 Å². The molecule has 51 heavy (non-hydrogen) atoms. The number of nitrogens with one attached hydrogen (secondary N) is 2. The van der Waals surface area contributed by atoms with Gasteiger partial charge in [0.2, 0.25) is 0 Å². The van der Waals surface area contributed by atoms with Crippen LogP contribution in [0, 0.1) is 17.3 Å². The summed E-state index contributed by atoms with van der Waals surface area (Å²) < 4.78 is 72.2. The Morgan fingerprint density at radius 1 is 0.784 bits per heavy atom. The van der Waals surface area contributed by atoms with Crippen molar-refractivity contribution in [2.45, 2.75) is 75.5 Å². The Bertz CT molecular complexity index is 1940. The summed E-state index contributed by atoms with van der Waals surface area (Å²) in [5.41, 5.74) is 0.149. The van der Waals surface area contributed by atoms with E-state index in [9.17, 15) is 32.7 Å². The van der Waals surface area contributed by atoms with Gasteiger partial charge in [0.15, 0.2) is 5.78 Å². The molecule has 3 aromatic carbocycles. The average Bonchev–Trinajstić information content (AvgIpc) is 3.39. The van der Waals surface area contributed by atoms with Gasteiger partial charge < -0.3 is 15.7 Å². The molecule has 0 aliphatic heterocycles. The predicted octanol–water partition coefficient (Wildman–Crippen LogP) is 9.02. The van der Waals surface area contributed by atoms with E-state index in [0.29, 0.717) is 41.8 Å². The number of para-hydroxylation sites is 1. The molecule has 0 unspecified atom stereocenters. The molecular weight excluding hydrogens is 667 g/mol. The molecule has 2 fully saturated rings. The van der Waals surface area contributed by atoms with Gasteiger partial charge in [0, 0.05) is 40.3 Å². The van der Waals surface area contributed by atoms with Crippen LogP contribution in [0.5, 0.6) is 0 Å². The molecule has 0 bridgehead atoms. The number of benzene rings is 3. The minimum Gasteiger partial charge on any atom is -0.383 e. The Hall–Kier alpha value is -4.64. The zero-order valence-corrected chi connectivity index (χ0v) is 27.8. The van der Waals surface area contributed by atoms with Crippen LogP contribution in [-0.2, 0) is 4.79 Å². The zero-order chi connectivity index (χ0) is 36.3. The fraction of sp³-hybridized carbons (Fsp3) is 0.375. The number of ketones is 1. The predicted molar refractivity (Wildman–Crippen MR) is 181 cm³/mol. The highest BCUT2D eigenvalue weighted by molar-refractivity contribution is 6.06. The monoisotopic (exact) mass is 704 g/mol. The number of fused-ring (bicyclic) bond motifs is 4. The van der Waals surface area contributed by atoms with E-state index in [2.05, 4.69) is 10.6 Å². The lowest BCUT2D eigenvalue weighted by molar-refractivity contribution is -0.362. The van der Waals surface area contributed by atoms with Crippen LogP contribution in [0.4, 0.5) is 33.3 Å². The van der Waals surface area contributed by atoms with E-state index >= 15 is 8.78 Å². The largest absolute Gasteiger partial charge is 0.456 e. The van der Waals surface area contributed by atoms with Gasteiger partial charge in [-0.25, -0.2) is 0 Å². The normalized spacial score (nSPS) is 27.5. The first-order chi connectivity index (χ1) is 24.1. The Morgan fingerprint density at radius 3 is 1.98 bits per heavy atom. The number of rotatable bonds is 6. The molecule has 5 atom stereocenters. The van der Waals surface area contributed by atoms with E-state index in [1.54, 1.807) is 78.9 Å². The molecule has 4 aliphatic carbocycles. The number of halogens is 5. The van der Waals surface area contributed by atoms with E-state index < -0.39 is 47.3 Å². The first kappa shape index (κ1) is 34.8. The summed E-state index contributed by atoms with van der Waals surface area (Å²) >= 11 is 0. The van der Waals surface area contributed by atoms with Gasteiger partial charge in [-0.3, -0.25) is 14.4 Å². The summed E-state index contributed by atoms with van der Waals surface area (Å²) in [4.78, 5) is 38.2. The lowest BCUT2D eigenvalue weighted by Crippen LogP contribution is -2.65. The molecule has 0 spiro atoms. The molecule has 3 aromatic rings. The van der Waals surface area contributed by atoms with Crippen molar-refractivity contribution in [1.82, 2.24) is 0 Å². The number of allylic oxidation sites excluding steroid dienone is 4. The standard InChI is InChI=1S/C40H37F5N2O4/c1-37-22-32(23-7-9-24(10-8-23)35(49)47-28-14-11-25(12-15-28)36(50)46-27-5-3-2-4-6-27)34-30-18-16-29(48)21-26(30)13-17-31(34)33(37)19-20-38(37,51)39(41,42)40(43,44)45/h2-12,14-15,21,31-33,51H,13,16-20,22H2,1H3,(H,46,50)(H,47,49)/t31-,32+,33-,37-,38-/m0/s1. The highest BCUT2D eigenvalue weighted by Gasteiger charge is 2.79. The fourth-order valence-corrected chi connectivity index (χ4v) is 9.21. The van der Waals surface area contributed by atoms with E-state index in [0.717, 1.165) is 16.7 Å². The van der Waals surface area contributed by atoms with Gasteiger partial charge in [-0.05, 0) is 122 Å². The smallest absolute Gasteiger partial charge is 0.383 e. The van der Waals surface area contributed by atoms with Crippen LogP contribution in [0.1, 0.15) is 84.1 Å². The number of amides is 2. The Balaban J connectivity index is 1.16. The SMILES string of the molecule is C[C@]12C[C@H](c3ccc(C(=O)Nc4ccc(C(=O)Nc5ccccc5)cc4)cc3)C3=C4CCC(=O)C=C4CC[C@H]3[C@@H]1CC[C@@]2(O)C(F)(F)C(F)(F)F. The Kier molecular flexibility index (Phi) is 8.56. The second-order valence-corrected chi connectivity index (χ2v) is 14.4. The molecule has 0 aromatic heterocycles. The van der Waals surface area contributed by atoms with Gasteiger partial charge in [0.05, 0.1) is 0 Å². The molecule has 2 amide bonds. The number of carbonyl (C=O) groups excluding carboxylic acids is 3. The Morgan fingerprint density at radius 2 is 1.37 bits per heavy atom. The quantitative estimate of drug-likeness (QED) is 0.223. The number of hydrogen-bond donors (Lipinski definition) is 3. The summed E-state index contributed by atoms with van der Waals surface area (Å²) in [7, 11) is 0. The zero-order valence-electron chi connectivity index (χ0n) is 27.8. The third-order valence-corrected chi connectivity index (χ3v) is 11.8. The van der Waals surface area contributed by atoms with Crippen LogP contribution in [0.15, 0.2) is 102 Å². The molecule has 6 nitrogen and oxygen atoms in total. The van der Waals surface area contributed by atoms with Gasteiger partial charge >= 0.3 is 12.1 Å². The van der Waals surface area contributed by atoms with Crippen LogP contribution in [-0.4, -0.2) is 40.4 Å². The molecule has 266 valence electrons. The molecule has 0 radical (unpaired) electrons. The molecule has 0 saturated heterocycles. The van der Waals surface area contributed by atoms with Crippen LogP contribution >= 0.6 is 0 Å². The van der Waals surface area contributed by atoms with Crippen molar-refractivity contribution >= 4 is 29.0 Å². The highest BCUT2D eigenvalue weighted by Crippen LogP contribution is 2.70. The second-order valence-electron chi connectivity index (χ2n) is 14.4. The van der Waals surface area contributed by atoms with Gasteiger partial charge in [-0.1, -0.05) is 42.8 Å². The fourth-order valence-electron chi connectivity index (χ4n) is 9.21. The van der Waals surface area contributed by atoms with E-state index in [-0.39, 0.29) is 42.4 Å². The number of aliphatic hydroxyl groups is 1. The molecule has 11 heteroatoms. The van der Waals surface area contributed by atoms with Crippen molar-refractivity contribution in [3.8, 4) is 0 Å². The maximum absolute atomic E-state index is 15.3. The molecule has 2 saturated carbocycles. The van der Waals surface area contributed by atoms with Crippen molar-refractivity contribution in [1.29, 1.82) is 0 Å². The summed E-state index contributed by atoms with van der Waals surface area (Å²) in [5.74, 6) is -7.62. The molecule has 0 heterocycles. The lowest BCUT2D eigenvalue weighted by atomic mass is 9.50. The van der Waals surface area contributed by atoms with Crippen molar-refractivity contribution in [3.63, 3.8) is 0 Å². The molecular formula is C40H37F5N2O4. The Labute approximate surface area is 291 Å². The van der Waals surface area contributed by atoms with Gasteiger partial charge in [0.1, 0.15) is 5.60 Å². The van der Waals surface area contributed by atoms with Gasteiger partial charge in [-0.2, -0.15) is 22.0 Å². The van der Waals surface area contributed by atoms with Crippen LogP contribution in [0.3, 0.4) is 0 Å². The van der Waals surface area contributed by atoms with E-state index in [1.165, 1.54) is 6.92 Å². The van der Waals surface area contributed by atoms with E-state index in [4.69, 9.17) is 0 Å². The van der Waals surface area contributed by atoms with Gasteiger partial charge in [-0.15, -0.1) is 0 Å². The van der Waals surface area contributed by atoms with Crippen molar-refractivity contribution in [3.05, 3.63) is 118 Å². The third kappa shape index (κ3) is 5.79. The van der Waals surface area contributed by atoms with Crippen LogP contribution < -0.4 is 10.6 Å². The summed E-state index contributed by atoms with van der Waals surface area (Å²) in [6.07, 6.45) is -3.34. The second kappa shape index (κ2) is 12.5. The van der Waals surface area contributed by atoms with E-state index in [1.807, 2.05) is 6.07 Å². The van der Waals surface area contributed by atoms with Gasteiger partial charge in [0.25, 0.3) is 11.8 Å². The number of hydrogen-bond acceptors (Lipinski definition) is 4. The topological polar surface area (TPSA) is 95.5 Å². The maximum atomic E-state index is 15.3. The van der Waals surface area contributed by atoms with Crippen molar-refractivity contribution in [2.75, 3.05) is 10.6 Å². The number of carbonyl (C=O) groups is 3. The summed E-state index contributed by atoms with van der Waals surface area (Å²) in [5, 5.41) is 17.1. The molecule has 4 aliphatic rings. The molecule has 7 rings (SSSR count). The first-order valence-electron chi connectivity index (χ1n) is 17.1. The van der Waals surface area contributed by atoms with Crippen LogP contribution in [0.25, 0.3) is 0 Å². The first-order valence-corrected chi connectivity index (χ1v) is 17.1. The maximum Gasteiger partial charge on any atom is 0.456 e.